The van der Waals surface area contributed by atoms with Crippen LogP contribution in [0.3, 0.4) is 0 Å². The SMILES string of the molecule is COc1ccc(OC)c(-c2ccc(C3=NNC(=O)CC3)cc2F)c1. The quantitative estimate of drug-likeness (QED) is 0.938. The molecule has 0 spiro atoms. The van der Waals surface area contributed by atoms with Gasteiger partial charge in [-0.1, -0.05) is 12.1 Å². The van der Waals surface area contributed by atoms with Crippen LogP contribution in [-0.4, -0.2) is 25.8 Å². The Kier molecular flexibility index (Phi) is 4.46. The number of methoxy groups -OCH3 is 2. The lowest BCUT2D eigenvalue weighted by atomic mass is 9.98. The first kappa shape index (κ1) is 16.0. The molecule has 0 aliphatic carbocycles. The fourth-order valence-corrected chi connectivity index (χ4v) is 2.62. The summed E-state index contributed by atoms with van der Waals surface area (Å²) in [7, 11) is 3.09. The highest BCUT2D eigenvalue weighted by Crippen LogP contribution is 2.35. The van der Waals surface area contributed by atoms with Gasteiger partial charge in [0.15, 0.2) is 0 Å². The first-order chi connectivity index (χ1) is 11.6. The number of rotatable bonds is 4. The number of ether oxygens (including phenoxy) is 2. The molecule has 0 bridgehead atoms. The molecule has 0 fully saturated rings. The highest BCUT2D eigenvalue weighted by molar-refractivity contribution is 6.04. The van der Waals surface area contributed by atoms with Crippen LogP contribution in [0.25, 0.3) is 11.1 Å². The van der Waals surface area contributed by atoms with E-state index in [1.165, 1.54) is 13.2 Å². The van der Waals surface area contributed by atoms with Gasteiger partial charge in [0.25, 0.3) is 0 Å². The van der Waals surface area contributed by atoms with Gasteiger partial charge in [0.1, 0.15) is 17.3 Å². The summed E-state index contributed by atoms with van der Waals surface area (Å²) < 4.78 is 25.2. The largest absolute Gasteiger partial charge is 0.497 e. The lowest BCUT2D eigenvalue weighted by Gasteiger charge is -2.14. The van der Waals surface area contributed by atoms with E-state index in [0.29, 0.717) is 46.7 Å². The van der Waals surface area contributed by atoms with Crippen molar-refractivity contribution in [3.05, 3.63) is 47.8 Å². The molecule has 2 aromatic rings. The summed E-state index contributed by atoms with van der Waals surface area (Å²) in [5.41, 5.74) is 4.76. The predicted octanol–water partition coefficient (Wildman–Crippen LogP) is 3.12. The Morgan fingerprint density at radius 3 is 2.50 bits per heavy atom. The van der Waals surface area contributed by atoms with Crippen LogP contribution in [0, 0.1) is 5.82 Å². The average molecular weight is 328 g/mol. The van der Waals surface area contributed by atoms with Crippen LogP contribution in [0.5, 0.6) is 11.5 Å². The Balaban J connectivity index is 2.00. The van der Waals surface area contributed by atoms with Crippen LogP contribution in [0.2, 0.25) is 0 Å². The van der Waals surface area contributed by atoms with Crippen LogP contribution >= 0.6 is 0 Å². The molecule has 1 heterocycles. The molecule has 0 saturated carbocycles. The first-order valence-corrected chi connectivity index (χ1v) is 7.50. The molecule has 1 aliphatic heterocycles. The van der Waals surface area contributed by atoms with Gasteiger partial charge in [-0.25, -0.2) is 9.82 Å². The molecule has 5 nitrogen and oxygen atoms in total. The Hall–Kier alpha value is -2.89. The zero-order valence-electron chi connectivity index (χ0n) is 13.4. The smallest absolute Gasteiger partial charge is 0.240 e. The van der Waals surface area contributed by atoms with Gasteiger partial charge in [0.05, 0.1) is 19.9 Å². The van der Waals surface area contributed by atoms with E-state index >= 15 is 0 Å². The van der Waals surface area contributed by atoms with Gasteiger partial charge in [-0.3, -0.25) is 4.79 Å². The minimum Gasteiger partial charge on any atom is -0.497 e. The summed E-state index contributed by atoms with van der Waals surface area (Å²) in [6, 6.07) is 10.1. The van der Waals surface area contributed by atoms with Crippen molar-refractivity contribution in [1.82, 2.24) is 5.43 Å². The normalized spacial score (nSPS) is 14.0. The molecule has 6 heteroatoms. The van der Waals surface area contributed by atoms with Crippen LogP contribution in [0.4, 0.5) is 4.39 Å². The Labute approximate surface area is 139 Å². The van der Waals surface area contributed by atoms with Crippen LogP contribution in [-0.2, 0) is 4.79 Å². The van der Waals surface area contributed by atoms with Gasteiger partial charge in [-0.05, 0) is 24.3 Å². The van der Waals surface area contributed by atoms with Crippen molar-refractivity contribution in [2.75, 3.05) is 14.2 Å². The predicted molar refractivity (Wildman–Crippen MR) is 88.9 cm³/mol. The Morgan fingerprint density at radius 1 is 1.04 bits per heavy atom. The molecule has 1 aliphatic rings. The van der Waals surface area contributed by atoms with Crippen molar-refractivity contribution in [3.63, 3.8) is 0 Å². The third kappa shape index (κ3) is 3.08. The third-order valence-corrected chi connectivity index (χ3v) is 3.90. The monoisotopic (exact) mass is 328 g/mol. The zero-order valence-corrected chi connectivity index (χ0v) is 13.4. The molecule has 24 heavy (non-hydrogen) atoms. The van der Waals surface area contributed by atoms with E-state index in [2.05, 4.69) is 10.5 Å². The highest BCUT2D eigenvalue weighted by atomic mass is 19.1. The molecule has 1 N–H and O–H groups in total. The number of amides is 1. The number of hydrazone groups is 1. The van der Waals surface area contributed by atoms with Crippen molar-refractivity contribution < 1.29 is 18.7 Å². The number of hydrogen-bond acceptors (Lipinski definition) is 4. The molecule has 0 unspecified atom stereocenters. The van der Waals surface area contributed by atoms with Crippen molar-refractivity contribution >= 4 is 11.6 Å². The first-order valence-electron chi connectivity index (χ1n) is 7.50. The average Bonchev–Trinajstić information content (AvgIpc) is 2.61. The van der Waals surface area contributed by atoms with Crippen molar-refractivity contribution in [2.45, 2.75) is 12.8 Å². The van der Waals surface area contributed by atoms with Gasteiger partial charge in [0.2, 0.25) is 5.91 Å². The molecule has 0 saturated heterocycles. The molecule has 0 radical (unpaired) electrons. The van der Waals surface area contributed by atoms with Crippen LogP contribution in [0.1, 0.15) is 18.4 Å². The van der Waals surface area contributed by atoms with E-state index in [-0.39, 0.29) is 5.91 Å². The maximum atomic E-state index is 14.7. The lowest BCUT2D eigenvalue weighted by molar-refractivity contribution is -0.121. The summed E-state index contributed by atoms with van der Waals surface area (Å²) >= 11 is 0. The standard InChI is InChI=1S/C18H17FN2O3/c1-23-12-4-7-17(24-2)14(10-12)13-5-3-11(9-15(13)19)16-6-8-18(22)21-20-16/h3-5,7,9-10H,6,8H2,1-2H3,(H,21,22). The van der Waals surface area contributed by atoms with Crippen molar-refractivity contribution in [3.8, 4) is 22.6 Å². The molecular formula is C18H17FN2O3. The van der Waals surface area contributed by atoms with E-state index in [9.17, 15) is 9.18 Å². The van der Waals surface area contributed by atoms with Gasteiger partial charge in [0, 0.05) is 29.5 Å². The fraction of sp³-hybridized carbons (Fsp3) is 0.222. The number of carbonyl (C=O) groups excluding carboxylic acids is 1. The minimum atomic E-state index is -0.390. The number of nitrogens with one attached hydrogen (secondary N) is 1. The number of halogens is 1. The lowest BCUT2D eigenvalue weighted by Crippen LogP contribution is -2.25. The second-order valence-corrected chi connectivity index (χ2v) is 5.35. The maximum absolute atomic E-state index is 14.7. The maximum Gasteiger partial charge on any atom is 0.240 e. The third-order valence-electron chi connectivity index (χ3n) is 3.90. The van der Waals surface area contributed by atoms with E-state index in [4.69, 9.17) is 9.47 Å². The molecule has 0 aromatic heterocycles. The van der Waals surface area contributed by atoms with Gasteiger partial charge >= 0.3 is 0 Å². The molecule has 1 amide bonds. The Bertz CT molecular complexity index is 818. The van der Waals surface area contributed by atoms with Crippen LogP contribution < -0.4 is 14.9 Å². The number of benzene rings is 2. The van der Waals surface area contributed by atoms with E-state index in [1.807, 2.05) is 0 Å². The number of carbonyl (C=O) groups is 1. The topological polar surface area (TPSA) is 59.9 Å². The van der Waals surface area contributed by atoms with E-state index in [1.54, 1.807) is 37.4 Å². The summed E-state index contributed by atoms with van der Waals surface area (Å²) in [6.07, 6.45) is 0.846. The summed E-state index contributed by atoms with van der Waals surface area (Å²) in [5, 5.41) is 3.99. The molecule has 124 valence electrons. The second-order valence-electron chi connectivity index (χ2n) is 5.35. The molecule has 2 aromatic carbocycles. The number of hydrogen-bond donors (Lipinski definition) is 1. The Morgan fingerprint density at radius 2 is 1.88 bits per heavy atom. The number of nitrogens with zero attached hydrogens (tertiary/aromatic N) is 1. The van der Waals surface area contributed by atoms with E-state index in [0.717, 1.165) is 0 Å². The minimum absolute atomic E-state index is 0.128. The summed E-state index contributed by atoms with van der Waals surface area (Å²) in [4.78, 5) is 11.2. The summed E-state index contributed by atoms with van der Waals surface area (Å²) in [6.45, 7) is 0. The van der Waals surface area contributed by atoms with Crippen molar-refractivity contribution in [1.29, 1.82) is 0 Å². The van der Waals surface area contributed by atoms with Gasteiger partial charge in [-0.2, -0.15) is 5.10 Å². The molecule has 3 rings (SSSR count). The van der Waals surface area contributed by atoms with E-state index < -0.39 is 5.82 Å². The highest BCUT2D eigenvalue weighted by Gasteiger charge is 2.17. The van der Waals surface area contributed by atoms with Crippen molar-refractivity contribution in [2.24, 2.45) is 5.10 Å². The molecular weight excluding hydrogens is 311 g/mol. The van der Waals surface area contributed by atoms with Crippen LogP contribution in [0.15, 0.2) is 41.5 Å². The molecule has 0 atom stereocenters. The second kappa shape index (κ2) is 6.70. The van der Waals surface area contributed by atoms with Gasteiger partial charge in [-0.15, -0.1) is 0 Å². The fourth-order valence-electron chi connectivity index (χ4n) is 2.62. The summed E-state index contributed by atoms with van der Waals surface area (Å²) in [5.74, 6) is 0.661. The van der Waals surface area contributed by atoms with Gasteiger partial charge < -0.3 is 9.47 Å². The zero-order chi connectivity index (χ0) is 17.1.